The molecule has 3 rings (SSSR count). The number of aromatic nitrogens is 1. The van der Waals surface area contributed by atoms with E-state index in [2.05, 4.69) is 16.4 Å². The highest BCUT2D eigenvalue weighted by molar-refractivity contribution is 7.10. The lowest BCUT2D eigenvalue weighted by molar-refractivity contribution is -0.141. The van der Waals surface area contributed by atoms with E-state index in [0.29, 0.717) is 6.42 Å². The molecule has 6 heteroatoms. The van der Waals surface area contributed by atoms with E-state index in [0.717, 1.165) is 23.2 Å². The predicted octanol–water partition coefficient (Wildman–Crippen LogP) is 3.97. The van der Waals surface area contributed by atoms with Crippen molar-refractivity contribution in [2.24, 2.45) is 0 Å². The zero-order valence-corrected chi connectivity index (χ0v) is 15.5. The molecule has 1 unspecified atom stereocenters. The number of H-pyrrole nitrogens is 1. The number of hydrogen-bond donors (Lipinski definition) is 2. The predicted molar refractivity (Wildman–Crippen MR) is 103 cm³/mol. The Morgan fingerprint density at radius 1 is 1.23 bits per heavy atom. The summed E-state index contributed by atoms with van der Waals surface area (Å²) in [5.74, 6) is -0.380. The van der Waals surface area contributed by atoms with Gasteiger partial charge in [0.25, 0.3) is 0 Å². The molecule has 26 heavy (non-hydrogen) atoms. The summed E-state index contributed by atoms with van der Waals surface area (Å²) >= 11 is 1.52. The fraction of sp³-hybridized carbons (Fsp3) is 0.300. The first kappa shape index (κ1) is 18.2. The van der Waals surface area contributed by atoms with Crippen molar-refractivity contribution in [2.45, 2.75) is 31.7 Å². The number of aromatic amines is 1. The average molecular weight is 370 g/mol. The number of thiophene rings is 1. The van der Waals surface area contributed by atoms with Crippen molar-refractivity contribution in [3.63, 3.8) is 0 Å². The zero-order chi connectivity index (χ0) is 18.4. The summed E-state index contributed by atoms with van der Waals surface area (Å²) in [6.45, 7) is 0. The quantitative estimate of drug-likeness (QED) is 0.589. The fourth-order valence-electron chi connectivity index (χ4n) is 3.01. The number of aryl methyl sites for hydroxylation is 1. The van der Waals surface area contributed by atoms with E-state index in [1.807, 2.05) is 41.9 Å². The monoisotopic (exact) mass is 370 g/mol. The molecule has 0 spiro atoms. The molecule has 1 amide bonds. The Labute approximate surface area is 156 Å². The first-order valence-electron chi connectivity index (χ1n) is 8.62. The molecule has 2 heterocycles. The molecule has 5 nitrogen and oxygen atoms in total. The van der Waals surface area contributed by atoms with Gasteiger partial charge >= 0.3 is 5.97 Å². The number of amides is 1. The Kier molecular flexibility index (Phi) is 6.07. The minimum absolute atomic E-state index is 0.0489. The van der Waals surface area contributed by atoms with Crippen molar-refractivity contribution >= 4 is 34.1 Å². The second-order valence-electron chi connectivity index (χ2n) is 6.13. The van der Waals surface area contributed by atoms with Crippen LogP contribution in [-0.2, 0) is 20.7 Å². The van der Waals surface area contributed by atoms with Crippen LogP contribution in [0.2, 0.25) is 0 Å². The van der Waals surface area contributed by atoms with Gasteiger partial charge in [0.05, 0.1) is 19.6 Å². The molecule has 136 valence electrons. The molecule has 1 atom stereocenters. The molecule has 2 N–H and O–H groups in total. The molecule has 2 aromatic heterocycles. The molecule has 0 saturated heterocycles. The van der Waals surface area contributed by atoms with E-state index in [-0.39, 0.29) is 24.3 Å². The van der Waals surface area contributed by atoms with Crippen LogP contribution in [0.4, 0.5) is 0 Å². The van der Waals surface area contributed by atoms with Crippen LogP contribution in [0.3, 0.4) is 0 Å². The van der Waals surface area contributed by atoms with Crippen molar-refractivity contribution < 1.29 is 14.3 Å². The summed E-state index contributed by atoms with van der Waals surface area (Å²) in [6.07, 6.45) is 4.16. The number of methoxy groups -OCH3 is 1. The second kappa shape index (κ2) is 8.67. The van der Waals surface area contributed by atoms with Gasteiger partial charge in [0.2, 0.25) is 5.91 Å². The van der Waals surface area contributed by atoms with Crippen molar-refractivity contribution in [3.8, 4) is 0 Å². The Morgan fingerprint density at radius 3 is 2.85 bits per heavy atom. The zero-order valence-electron chi connectivity index (χ0n) is 14.7. The van der Waals surface area contributed by atoms with Crippen molar-refractivity contribution in [2.75, 3.05) is 7.11 Å². The van der Waals surface area contributed by atoms with E-state index in [9.17, 15) is 9.59 Å². The summed E-state index contributed by atoms with van der Waals surface area (Å²) in [4.78, 5) is 28.2. The largest absolute Gasteiger partial charge is 0.469 e. The maximum atomic E-state index is 12.3. The standard InChI is InChI=1S/C20H22N2O3S/c1-25-20(24)12-17(18-9-5-11-26-18)22-19(23)10-4-6-14-13-21-16-8-3-2-7-15(14)16/h2-3,5,7-9,11,13,17,21H,4,6,10,12H2,1H3,(H,22,23). The molecule has 0 saturated carbocycles. The number of rotatable bonds is 8. The second-order valence-corrected chi connectivity index (χ2v) is 7.11. The van der Waals surface area contributed by atoms with Crippen LogP contribution >= 0.6 is 11.3 Å². The SMILES string of the molecule is COC(=O)CC(NC(=O)CCCc1c[nH]c2ccccc12)c1cccs1. The highest BCUT2D eigenvalue weighted by atomic mass is 32.1. The summed E-state index contributed by atoms with van der Waals surface area (Å²) in [7, 11) is 1.36. The molecule has 0 aliphatic carbocycles. The lowest BCUT2D eigenvalue weighted by Gasteiger charge is -2.16. The normalized spacial score (nSPS) is 12.0. The topological polar surface area (TPSA) is 71.2 Å². The first-order chi connectivity index (χ1) is 12.7. The van der Waals surface area contributed by atoms with Gasteiger partial charge in [0, 0.05) is 28.4 Å². The van der Waals surface area contributed by atoms with E-state index in [4.69, 9.17) is 4.74 Å². The Bertz CT molecular complexity index is 870. The van der Waals surface area contributed by atoms with Gasteiger partial charge in [-0.2, -0.15) is 0 Å². The molecule has 3 aromatic rings. The third kappa shape index (κ3) is 4.52. The number of benzene rings is 1. The smallest absolute Gasteiger partial charge is 0.307 e. The van der Waals surface area contributed by atoms with Gasteiger partial charge in [-0.15, -0.1) is 11.3 Å². The highest BCUT2D eigenvalue weighted by Crippen LogP contribution is 2.23. The average Bonchev–Trinajstić information content (AvgIpc) is 3.31. The summed E-state index contributed by atoms with van der Waals surface area (Å²) in [6, 6.07) is 11.7. The number of esters is 1. The van der Waals surface area contributed by atoms with E-state index >= 15 is 0 Å². The number of hydrogen-bond acceptors (Lipinski definition) is 4. The number of para-hydroxylation sites is 1. The molecule has 0 aliphatic rings. The number of carbonyl (C=O) groups is 2. The minimum atomic E-state index is -0.331. The third-order valence-corrected chi connectivity index (χ3v) is 5.33. The molecule has 0 fully saturated rings. The van der Waals surface area contributed by atoms with Gasteiger partial charge in [0.1, 0.15) is 0 Å². The van der Waals surface area contributed by atoms with Gasteiger partial charge in [-0.1, -0.05) is 24.3 Å². The summed E-state index contributed by atoms with van der Waals surface area (Å²) in [5.41, 5.74) is 2.33. The van der Waals surface area contributed by atoms with Crippen LogP contribution in [0.15, 0.2) is 48.0 Å². The number of nitrogens with one attached hydrogen (secondary N) is 2. The molecule has 0 bridgehead atoms. The lowest BCUT2D eigenvalue weighted by Crippen LogP contribution is -2.29. The maximum Gasteiger partial charge on any atom is 0.307 e. The molecule has 0 aliphatic heterocycles. The minimum Gasteiger partial charge on any atom is -0.469 e. The van der Waals surface area contributed by atoms with Gasteiger partial charge < -0.3 is 15.0 Å². The van der Waals surface area contributed by atoms with Crippen LogP contribution in [0.25, 0.3) is 10.9 Å². The van der Waals surface area contributed by atoms with Crippen molar-refractivity contribution in [1.29, 1.82) is 0 Å². The molecule has 1 aromatic carbocycles. The van der Waals surface area contributed by atoms with Gasteiger partial charge in [0.15, 0.2) is 0 Å². The Balaban J connectivity index is 1.54. The maximum absolute atomic E-state index is 12.3. The highest BCUT2D eigenvalue weighted by Gasteiger charge is 2.19. The van der Waals surface area contributed by atoms with Crippen LogP contribution in [0.1, 0.15) is 35.7 Å². The Hall–Kier alpha value is -2.60. The summed E-state index contributed by atoms with van der Waals surface area (Å²) < 4.78 is 4.74. The lowest BCUT2D eigenvalue weighted by atomic mass is 10.1. The Morgan fingerprint density at radius 2 is 2.08 bits per heavy atom. The van der Waals surface area contributed by atoms with Crippen LogP contribution in [0.5, 0.6) is 0 Å². The molecular formula is C20H22N2O3S. The van der Waals surface area contributed by atoms with Crippen LogP contribution in [0, 0.1) is 0 Å². The van der Waals surface area contributed by atoms with Crippen LogP contribution in [-0.4, -0.2) is 24.0 Å². The number of carbonyl (C=O) groups excluding carboxylic acids is 2. The van der Waals surface area contributed by atoms with Gasteiger partial charge in [-0.25, -0.2) is 0 Å². The third-order valence-electron chi connectivity index (χ3n) is 4.35. The fourth-order valence-corrected chi connectivity index (χ4v) is 3.78. The molecule has 0 radical (unpaired) electrons. The molecular weight excluding hydrogens is 348 g/mol. The first-order valence-corrected chi connectivity index (χ1v) is 9.50. The number of fused-ring (bicyclic) bond motifs is 1. The van der Waals surface area contributed by atoms with Crippen molar-refractivity contribution in [1.82, 2.24) is 10.3 Å². The summed E-state index contributed by atoms with van der Waals surface area (Å²) in [5, 5.41) is 6.10. The van der Waals surface area contributed by atoms with Crippen molar-refractivity contribution in [3.05, 3.63) is 58.4 Å². The van der Waals surface area contributed by atoms with E-state index in [1.54, 1.807) is 0 Å². The van der Waals surface area contributed by atoms with E-state index < -0.39 is 0 Å². The van der Waals surface area contributed by atoms with E-state index in [1.165, 1.54) is 29.4 Å². The van der Waals surface area contributed by atoms with Gasteiger partial charge in [-0.05, 0) is 35.9 Å². The van der Waals surface area contributed by atoms with Crippen LogP contribution < -0.4 is 5.32 Å². The number of ether oxygens (including phenoxy) is 1. The van der Waals surface area contributed by atoms with Gasteiger partial charge in [-0.3, -0.25) is 9.59 Å².